The highest BCUT2D eigenvalue weighted by molar-refractivity contribution is 6.00. The average Bonchev–Trinajstić information content (AvgIpc) is 2.33. The van der Waals surface area contributed by atoms with Gasteiger partial charge < -0.3 is 10.6 Å². The number of rotatable bonds is 4. The summed E-state index contributed by atoms with van der Waals surface area (Å²) in [5, 5.41) is 5.37. The lowest BCUT2D eigenvalue weighted by Crippen LogP contribution is -2.42. The minimum absolute atomic E-state index is 0.0177. The summed E-state index contributed by atoms with van der Waals surface area (Å²) >= 11 is 0. The molecule has 0 aliphatic rings. The van der Waals surface area contributed by atoms with E-state index in [1.54, 1.807) is 20.8 Å². The summed E-state index contributed by atoms with van der Waals surface area (Å²) < 4.78 is 26.4. The summed E-state index contributed by atoms with van der Waals surface area (Å²) in [6.45, 7) is 5.54. The third kappa shape index (κ3) is 3.68. The molecule has 3 nitrogen and oxygen atoms in total. The van der Waals surface area contributed by atoms with Gasteiger partial charge in [0, 0.05) is 12.6 Å². The second kappa shape index (κ2) is 5.70. The van der Waals surface area contributed by atoms with Gasteiger partial charge in [-0.3, -0.25) is 4.79 Å². The Morgan fingerprint density at radius 3 is 2.47 bits per heavy atom. The van der Waals surface area contributed by atoms with Crippen molar-refractivity contribution in [2.24, 2.45) is 0 Å². The number of carbonyl (C=O) groups is 1. The number of benzene rings is 1. The van der Waals surface area contributed by atoms with Gasteiger partial charge in [0.15, 0.2) is 11.6 Å². The lowest BCUT2D eigenvalue weighted by atomic mass is 10.1. The number of terminal acetylenes is 1. The Morgan fingerprint density at radius 2 is 1.95 bits per heavy atom. The molecule has 1 aromatic rings. The van der Waals surface area contributed by atoms with E-state index in [0.29, 0.717) is 6.54 Å². The second-order valence-corrected chi connectivity index (χ2v) is 4.57. The van der Waals surface area contributed by atoms with Crippen LogP contribution in [0.25, 0.3) is 0 Å². The van der Waals surface area contributed by atoms with Gasteiger partial charge in [0.2, 0.25) is 0 Å². The van der Waals surface area contributed by atoms with Crippen molar-refractivity contribution < 1.29 is 13.6 Å². The summed E-state index contributed by atoms with van der Waals surface area (Å²) in [5.74, 6) is -0.247. The van der Waals surface area contributed by atoms with Gasteiger partial charge in [0.1, 0.15) is 0 Å². The number of carbonyl (C=O) groups excluding carboxylic acids is 1. The van der Waals surface area contributed by atoms with E-state index in [1.807, 2.05) is 0 Å². The van der Waals surface area contributed by atoms with Gasteiger partial charge in [0.25, 0.3) is 5.91 Å². The average molecular weight is 266 g/mol. The van der Waals surface area contributed by atoms with E-state index in [4.69, 9.17) is 6.42 Å². The predicted molar refractivity (Wildman–Crippen MR) is 70.9 cm³/mol. The summed E-state index contributed by atoms with van der Waals surface area (Å²) in [7, 11) is 0. The van der Waals surface area contributed by atoms with Crippen LogP contribution in [0.4, 0.5) is 14.5 Å². The predicted octanol–water partition coefficient (Wildman–Crippen LogP) is 2.54. The molecule has 5 heteroatoms. The minimum atomic E-state index is -1.08. The molecule has 0 bridgehead atoms. The molecule has 0 spiro atoms. The first-order valence-corrected chi connectivity index (χ1v) is 5.84. The fraction of sp³-hybridized carbons (Fsp3) is 0.357. The Morgan fingerprint density at radius 1 is 1.37 bits per heavy atom. The monoisotopic (exact) mass is 266 g/mol. The molecule has 1 rings (SSSR count). The number of hydrogen-bond donors (Lipinski definition) is 2. The van der Waals surface area contributed by atoms with E-state index in [0.717, 1.165) is 12.1 Å². The topological polar surface area (TPSA) is 41.1 Å². The second-order valence-electron chi connectivity index (χ2n) is 4.57. The molecular weight excluding hydrogens is 250 g/mol. The molecule has 1 aromatic carbocycles. The zero-order chi connectivity index (χ0) is 14.6. The van der Waals surface area contributed by atoms with E-state index < -0.39 is 23.1 Å². The van der Waals surface area contributed by atoms with Crippen LogP contribution >= 0.6 is 0 Å². The molecule has 0 unspecified atom stereocenters. The molecule has 0 heterocycles. The van der Waals surface area contributed by atoms with Crippen LogP contribution in [0.1, 0.15) is 31.1 Å². The lowest BCUT2D eigenvalue weighted by Gasteiger charge is -2.21. The van der Waals surface area contributed by atoms with E-state index in [1.165, 1.54) is 0 Å². The van der Waals surface area contributed by atoms with Crippen molar-refractivity contribution >= 4 is 11.6 Å². The van der Waals surface area contributed by atoms with Gasteiger partial charge in [0.05, 0.1) is 16.8 Å². The first-order chi connectivity index (χ1) is 8.80. The van der Waals surface area contributed by atoms with Crippen LogP contribution in [-0.4, -0.2) is 18.0 Å². The maximum atomic E-state index is 13.3. The molecule has 0 radical (unpaired) electrons. The van der Waals surface area contributed by atoms with E-state index in [2.05, 4.69) is 16.6 Å². The molecule has 102 valence electrons. The van der Waals surface area contributed by atoms with Crippen LogP contribution < -0.4 is 10.6 Å². The number of nitrogens with one attached hydrogen (secondary N) is 2. The van der Waals surface area contributed by atoms with Crippen molar-refractivity contribution in [1.29, 1.82) is 0 Å². The van der Waals surface area contributed by atoms with Gasteiger partial charge in [-0.2, -0.15) is 0 Å². The van der Waals surface area contributed by atoms with Crippen LogP contribution in [0.3, 0.4) is 0 Å². The van der Waals surface area contributed by atoms with Crippen LogP contribution in [0, 0.1) is 24.0 Å². The van der Waals surface area contributed by atoms with E-state index in [9.17, 15) is 13.6 Å². The molecule has 0 aliphatic heterocycles. The summed E-state index contributed by atoms with van der Waals surface area (Å²) in [5.41, 5.74) is -0.624. The minimum Gasteiger partial charge on any atom is -0.385 e. The molecule has 1 amide bonds. The van der Waals surface area contributed by atoms with Crippen molar-refractivity contribution in [3.63, 3.8) is 0 Å². The maximum Gasteiger partial charge on any atom is 0.254 e. The molecule has 0 saturated carbocycles. The summed E-state index contributed by atoms with van der Waals surface area (Å²) in [6.07, 6.45) is 5.27. The Kier molecular flexibility index (Phi) is 4.49. The highest BCUT2D eigenvalue weighted by Gasteiger charge is 2.21. The SMILES string of the molecule is C#CC(C)(C)NC(=O)c1cc(F)c(F)cc1NCC. The maximum absolute atomic E-state index is 13.3. The molecule has 0 fully saturated rings. The van der Waals surface area contributed by atoms with Crippen molar-refractivity contribution in [2.45, 2.75) is 26.3 Å². The van der Waals surface area contributed by atoms with Gasteiger partial charge >= 0.3 is 0 Å². The Hall–Kier alpha value is -2.09. The van der Waals surface area contributed by atoms with E-state index in [-0.39, 0.29) is 11.3 Å². The van der Waals surface area contributed by atoms with Crippen LogP contribution in [0.5, 0.6) is 0 Å². The zero-order valence-electron chi connectivity index (χ0n) is 11.1. The molecule has 0 saturated heterocycles. The number of amides is 1. The van der Waals surface area contributed by atoms with Crippen molar-refractivity contribution in [3.05, 3.63) is 29.3 Å². The number of hydrogen-bond acceptors (Lipinski definition) is 2. The fourth-order valence-corrected chi connectivity index (χ4v) is 1.46. The Balaban J connectivity index is 3.15. The van der Waals surface area contributed by atoms with Gasteiger partial charge in [-0.05, 0) is 26.8 Å². The summed E-state index contributed by atoms with van der Waals surface area (Å²) in [4.78, 5) is 12.0. The van der Waals surface area contributed by atoms with Gasteiger partial charge in [-0.25, -0.2) is 8.78 Å². The first kappa shape index (κ1) is 15.0. The molecule has 0 atom stereocenters. The largest absolute Gasteiger partial charge is 0.385 e. The van der Waals surface area contributed by atoms with Gasteiger partial charge in [-0.15, -0.1) is 6.42 Å². The van der Waals surface area contributed by atoms with Crippen molar-refractivity contribution in [1.82, 2.24) is 5.32 Å². The fourth-order valence-electron chi connectivity index (χ4n) is 1.46. The standard InChI is InChI=1S/C14H16F2N2O/c1-5-14(3,4)18-13(19)9-7-10(15)11(16)8-12(9)17-6-2/h1,7-8,17H,6H2,2-4H3,(H,18,19). The molecule has 0 aromatic heterocycles. The van der Waals surface area contributed by atoms with Crippen LogP contribution in [0.2, 0.25) is 0 Å². The Labute approximate surface area is 111 Å². The summed E-state index contributed by atoms with van der Waals surface area (Å²) in [6, 6.07) is 1.81. The molecule has 2 N–H and O–H groups in total. The quantitative estimate of drug-likeness (QED) is 0.822. The van der Waals surface area contributed by atoms with E-state index >= 15 is 0 Å². The normalized spacial score (nSPS) is 10.7. The third-order valence-electron chi connectivity index (χ3n) is 2.46. The number of halogens is 2. The zero-order valence-corrected chi connectivity index (χ0v) is 11.1. The number of anilines is 1. The smallest absolute Gasteiger partial charge is 0.254 e. The van der Waals surface area contributed by atoms with Crippen molar-refractivity contribution in [2.75, 3.05) is 11.9 Å². The third-order valence-corrected chi connectivity index (χ3v) is 2.46. The molecule has 19 heavy (non-hydrogen) atoms. The first-order valence-electron chi connectivity index (χ1n) is 5.84. The lowest BCUT2D eigenvalue weighted by molar-refractivity contribution is 0.0930. The van der Waals surface area contributed by atoms with Crippen LogP contribution in [-0.2, 0) is 0 Å². The van der Waals surface area contributed by atoms with Crippen LogP contribution in [0.15, 0.2) is 12.1 Å². The highest BCUT2D eigenvalue weighted by atomic mass is 19.2. The Bertz CT molecular complexity index is 533. The van der Waals surface area contributed by atoms with Crippen molar-refractivity contribution in [3.8, 4) is 12.3 Å². The highest BCUT2D eigenvalue weighted by Crippen LogP contribution is 2.20. The molecular formula is C14H16F2N2O. The van der Waals surface area contributed by atoms with Gasteiger partial charge in [-0.1, -0.05) is 5.92 Å². The molecule has 0 aliphatic carbocycles.